The molecule has 1 rings (SSSR count). The van der Waals surface area contributed by atoms with Crippen molar-refractivity contribution >= 4 is 17.7 Å². The van der Waals surface area contributed by atoms with Gasteiger partial charge in [-0.15, -0.1) is 0 Å². The summed E-state index contributed by atoms with van der Waals surface area (Å²) >= 11 is 0. The third-order valence-corrected chi connectivity index (χ3v) is 2.85. The molecule has 0 unspecified atom stereocenters. The van der Waals surface area contributed by atoms with Crippen molar-refractivity contribution in [1.82, 2.24) is 5.32 Å². The summed E-state index contributed by atoms with van der Waals surface area (Å²) in [6, 6.07) is 5.45. The van der Waals surface area contributed by atoms with Gasteiger partial charge >= 0.3 is 0 Å². The molecular weight excluding hydrogens is 268 g/mol. The standard InChI is InChI=1S/C16H24N2O3/c1-2-3-11-21-15-7-5-13(12-14(15)17)6-8-16(20)18-9-4-10-19/h5-8,12,19H,2-4,9-11,17H2,1H3,(H,18,20)/b8-6-. The molecule has 0 saturated carbocycles. The van der Waals surface area contributed by atoms with Crippen molar-refractivity contribution < 1.29 is 14.6 Å². The Labute approximate surface area is 125 Å². The summed E-state index contributed by atoms with van der Waals surface area (Å²) < 4.78 is 5.57. The van der Waals surface area contributed by atoms with Crippen LogP contribution in [0.4, 0.5) is 5.69 Å². The van der Waals surface area contributed by atoms with E-state index in [0.717, 1.165) is 18.4 Å². The topological polar surface area (TPSA) is 84.6 Å². The van der Waals surface area contributed by atoms with Crippen molar-refractivity contribution in [2.75, 3.05) is 25.5 Å². The number of rotatable bonds is 9. The van der Waals surface area contributed by atoms with Gasteiger partial charge in [-0.05, 0) is 36.6 Å². The van der Waals surface area contributed by atoms with Gasteiger partial charge in [0, 0.05) is 19.2 Å². The maximum absolute atomic E-state index is 11.5. The Morgan fingerprint density at radius 1 is 1.43 bits per heavy atom. The van der Waals surface area contributed by atoms with Gasteiger partial charge in [0.1, 0.15) is 5.75 Å². The van der Waals surface area contributed by atoms with Gasteiger partial charge in [-0.1, -0.05) is 19.4 Å². The third-order valence-electron chi connectivity index (χ3n) is 2.85. The summed E-state index contributed by atoms with van der Waals surface area (Å²) in [7, 11) is 0. The van der Waals surface area contributed by atoms with Crippen LogP contribution < -0.4 is 15.8 Å². The van der Waals surface area contributed by atoms with E-state index in [9.17, 15) is 4.79 Å². The fraction of sp³-hybridized carbons (Fsp3) is 0.438. The molecule has 4 N–H and O–H groups in total. The number of anilines is 1. The molecule has 0 radical (unpaired) electrons. The normalized spacial score (nSPS) is 10.8. The molecule has 0 heterocycles. The molecule has 0 bridgehead atoms. The largest absolute Gasteiger partial charge is 0.491 e. The predicted molar refractivity (Wildman–Crippen MR) is 85.0 cm³/mol. The van der Waals surface area contributed by atoms with Crippen molar-refractivity contribution in [3.8, 4) is 5.75 Å². The van der Waals surface area contributed by atoms with Crippen LogP contribution >= 0.6 is 0 Å². The molecule has 0 saturated heterocycles. The lowest BCUT2D eigenvalue weighted by Crippen LogP contribution is -2.22. The number of unbranched alkanes of at least 4 members (excludes halogenated alkanes) is 1. The highest BCUT2D eigenvalue weighted by atomic mass is 16.5. The highest BCUT2D eigenvalue weighted by Gasteiger charge is 2.01. The number of nitrogens with one attached hydrogen (secondary N) is 1. The highest BCUT2D eigenvalue weighted by molar-refractivity contribution is 5.91. The Balaban J connectivity index is 2.52. The molecule has 0 fully saturated rings. The average Bonchev–Trinajstić information content (AvgIpc) is 2.47. The van der Waals surface area contributed by atoms with Crippen LogP contribution in [0.25, 0.3) is 6.08 Å². The number of ether oxygens (including phenoxy) is 1. The minimum absolute atomic E-state index is 0.0695. The zero-order valence-electron chi connectivity index (χ0n) is 12.5. The SMILES string of the molecule is CCCCOc1ccc(/C=C\C(=O)NCCCO)cc1N. The number of aliphatic hydroxyl groups is 1. The predicted octanol–water partition coefficient (Wildman–Crippen LogP) is 1.96. The second kappa shape index (κ2) is 9.83. The number of hydrogen-bond acceptors (Lipinski definition) is 4. The Morgan fingerprint density at radius 3 is 2.90 bits per heavy atom. The summed E-state index contributed by atoms with van der Waals surface area (Å²) in [6.07, 6.45) is 5.77. The van der Waals surface area contributed by atoms with Gasteiger partial charge in [0.15, 0.2) is 0 Å². The van der Waals surface area contributed by atoms with E-state index in [0.29, 0.717) is 31.0 Å². The molecule has 1 aromatic carbocycles. The highest BCUT2D eigenvalue weighted by Crippen LogP contribution is 2.23. The van der Waals surface area contributed by atoms with Crippen LogP contribution in [0.5, 0.6) is 5.75 Å². The second-order valence-corrected chi connectivity index (χ2v) is 4.70. The number of amides is 1. The molecule has 21 heavy (non-hydrogen) atoms. The maximum Gasteiger partial charge on any atom is 0.244 e. The van der Waals surface area contributed by atoms with E-state index in [2.05, 4.69) is 12.2 Å². The van der Waals surface area contributed by atoms with Crippen LogP contribution in [0.2, 0.25) is 0 Å². The number of hydrogen-bond donors (Lipinski definition) is 3. The molecule has 0 aliphatic carbocycles. The summed E-state index contributed by atoms with van der Waals surface area (Å²) in [4.78, 5) is 11.5. The first-order valence-electron chi connectivity index (χ1n) is 7.26. The van der Waals surface area contributed by atoms with Crippen molar-refractivity contribution in [3.05, 3.63) is 29.8 Å². The van der Waals surface area contributed by atoms with E-state index in [1.807, 2.05) is 12.1 Å². The summed E-state index contributed by atoms with van der Waals surface area (Å²) in [6.45, 7) is 3.29. The fourth-order valence-corrected chi connectivity index (χ4v) is 1.65. The fourth-order valence-electron chi connectivity index (χ4n) is 1.65. The second-order valence-electron chi connectivity index (χ2n) is 4.70. The van der Waals surface area contributed by atoms with Gasteiger partial charge in [-0.2, -0.15) is 0 Å². The van der Waals surface area contributed by atoms with Gasteiger partial charge in [0.25, 0.3) is 0 Å². The number of nitrogen functional groups attached to an aromatic ring is 1. The molecule has 5 heteroatoms. The Hall–Kier alpha value is -2.01. The zero-order chi connectivity index (χ0) is 15.5. The van der Waals surface area contributed by atoms with Crippen LogP contribution in [0, 0.1) is 0 Å². The van der Waals surface area contributed by atoms with Crippen LogP contribution in [-0.4, -0.2) is 30.8 Å². The van der Waals surface area contributed by atoms with E-state index in [4.69, 9.17) is 15.6 Å². The van der Waals surface area contributed by atoms with E-state index in [-0.39, 0.29) is 12.5 Å². The summed E-state index contributed by atoms with van der Waals surface area (Å²) in [5.74, 6) is 0.485. The van der Waals surface area contributed by atoms with Crippen LogP contribution in [0.15, 0.2) is 24.3 Å². The third kappa shape index (κ3) is 6.81. The lowest BCUT2D eigenvalue weighted by Gasteiger charge is -2.08. The molecule has 0 aliphatic rings. The summed E-state index contributed by atoms with van der Waals surface area (Å²) in [5.41, 5.74) is 7.33. The average molecular weight is 292 g/mol. The number of aliphatic hydroxyl groups excluding tert-OH is 1. The lowest BCUT2D eigenvalue weighted by molar-refractivity contribution is -0.116. The van der Waals surface area contributed by atoms with Gasteiger partial charge in [0.05, 0.1) is 12.3 Å². The van der Waals surface area contributed by atoms with E-state index >= 15 is 0 Å². The molecule has 0 atom stereocenters. The van der Waals surface area contributed by atoms with Crippen molar-refractivity contribution in [3.63, 3.8) is 0 Å². The monoisotopic (exact) mass is 292 g/mol. The van der Waals surface area contributed by atoms with Crippen LogP contribution in [0.1, 0.15) is 31.7 Å². The molecule has 0 aromatic heterocycles. The number of benzene rings is 1. The number of carbonyl (C=O) groups is 1. The van der Waals surface area contributed by atoms with Crippen LogP contribution in [-0.2, 0) is 4.79 Å². The van der Waals surface area contributed by atoms with Crippen molar-refractivity contribution in [2.45, 2.75) is 26.2 Å². The van der Waals surface area contributed by atoms with Gasteiger partial charge < -0.3 is 20.9 Å². The Morgan fingerprint density at radius 2 is 2.24 bits per heavy atom. The molecule has 5 nitrogen and oxygen atoms in total. The minimum atomic E-state index is -0.190. The maximum atomic E-state index is 11.5. The van der Waals surface area contributed by atoms with Crippen molar-refractivity contribution in [2.24, 2.45) is 0 Å². The van der Waals surface area contributed by atoms with Crippen LogP contribution in [0.3, 0.4) is 0 Å². The van der Waals surface area contributed by atoms with Gasteiger partial charge in [0.2, 0.25) is 5.91 Å². The minimum Gasteiger partial charge on any atom is -0.491 e. The summed E-state index contributed by atoms with van der Waals surface area (Å²) in [5, 5.41) is 11.3. The molecule has 0 aliphatic heterocycles. The quantitative estimate of drug-likeness (QED) is 0.369. The first-order chi connectivity index (χ1) is 10.2. The van der Waals surface area contributed by atoms with Gasteiger partial charge in [-0.3, -0.25) is 4.79 Å². The Kier molecular flexibility index (Phi) is 7.97. The van der Waals surface area contributed by atoms with Gasteiger partial charge in [-0.25, -0.2) is 0 Å². The molecular formula is C16H24N2O3. The molecule has 1 amide bonds. The molecule has 116 valence electrons. The van der Waals surface area contributed by atoms with E-state index in [1.54, 1.807) is 12.1 Å². The molecule has 1 aromatic rings. The molecule has 0 spiro atoms. The lowest BCUT2D eigenvalue weighted by atomic mass is 10.1. The Bertz CT molecular complexity index is 473. The number of nitrogens with two attached hydrogens (primary N) is 1. The number of carbonyl (C=O) groups excluding carboxylic acids is 1. The first-order valence-corrected chi connectivity index (χ1v) is 7.26. The zero-order valence-corrected chi connectivity index (χ0v) is 12.5. The van der Waals surface area contributed by atoms with E-state index < -0.39 is 0 Å². The van der Waals surface area contributed by atoms with Crippen molar-refractivity contribution in [1.29, 1.82) is 0 Å². The smallest absolute Gasteiger partial charge is 0.244 e. The first kappa shape index (κ1) is 17.0. The van der Waals surface area contributed by atoms with E-state index in [1.165, 1.54) is 6.08 Å².